The Labute approximate surface area is 163 Å². The highest BCUT2D eigenvalue weighted by Crippen LogP contribution is 2.25. The highest BCUT2D eigenvalue weighted by molar-refractivity contribution is 6.33. The number of methoxy groups -OCH3 is 1. The van der Waals surface area contributed by atoms with Crippen molar-refractivity contribution in [2.24, 2.45) is 0 Å². The molecule has 2 aromatic carbocycles. The SMILES string of the molecule is COC(=O)c1ccc(Cl)c(NCCC(=O)Nc2ccccc2OC(C)C)c1. The fraction of sp³-hybridized carbons (Fsp3) is 0.300. The van der Waals surface area contributed by atoms with Crippen LogP contribution in [0.5, 0.6) is 5.75 Å². The van der Waals surface area contributed by atoms with E-state index in [9.17, 15) is 9.59 Å². The van der Waals surface area contributed by atoms with Crippen LogP contribution in [0.1, 0.15) is 30.6 Å². The second-order valence-electron chi connectivity index (χ2n) is 6.07. The van der Waals surface area contributed by atoms with Crippen LogP contribution in [-0.4, -0.2) is 31.6 Å². The number of rotatable bonds is 8. The van der Waals surface area contributed by atoms with Gasteiger partial charge in [0.15, 0.2) is 0 Å². The Bertz CT molecular complexity index is 808. The summed E-state index contributed by atoms with van der Waals surface area (Å²) < 4.78 is 10.4. The van der Waals surface area contributed by atoms with E-state index in [1.807, 2.05) is 32.0 Å². The molecule has 0 saturated carbocycles. The van der Waals surface area contributed by atoms with Crippen molar-refractivity contribution < 1.29 is 19.1 Å². The van der Waals surface area contributed by atoms with Crippen LogP contribution in [0.4, 0.5) is 11.4 Å². The van der Waals surface area contributed by atoms with Crippen LogP contribution in [0, 0.1) is 0 Å². The van der Waals surface area contributed by atoms with Crippen molar-refractivity contribution in [1.82, 2.24) is 0 Å². The monoisotopic (exact) mass is 390 g/mol. The second kappa shape index (κ2) is 9.83. The Morgan fingerprint density at radius 1 is 1.11 bits per heavy atom. The number of nitrogens with one attached hydrogen (secondary N) is 2. The van der Waals surface area contributed by atoms with Crippen molar-refractivity contribution in [1.29, 1.82) is 0 Å². The average molecular weight is 391 g/mol. The molecule has 6 nitrogen and oxygen atoms in total. The van der Waals surface area contributed by atoms with Gasteiger partial charge in [0.2, 0.25) is 5.91 Å². The summed E-state index contributed by atoms with van der Waals surface area (Å²) in [6.45, 7) is 4.20. The third kappa shape index (κ3) is 6.18. The normalized spacial score (nSPS) is 10.4. The highest BCUT2D eigenvalue weighted by atomic mass is 35.5. The van der Waals surface area contributed by atoms with Gasteiger partial charge in [0, 0.05) is 13.0 Å². The summed E-state index contributed by atoms with van der Waals surface area (Å²) in [5.74, 6) is 0.0133. The van der Waals surface area contributed by atoms with Gasteiger partial charge < -0.3 is 20.1 Å². The molecule has 0 fully saturated rings. The zero-order chi connectivity index (χ0) is 19.8. The largest absolute Gasteiger partial charge is 0.489 e. The predicted molar refractivity (Wildman–Crippen MR) is 107 cm³/mol. The van der Waals surface area contributed by atoms with Gasteiger partial charge >= 0.3 is 5.97 Å². The molecule has 0 aliphatic heterocycles. The summed E-state index contributed by atoms with van der Waals surface area (Å²) in [4.78, 5) is 23.8. The van der Waals surface area contributed by atoms with Crippen molar-refractivity contribution in [2.45, 2.75) is 26.4 Å². The van der Waals surface area contributed by atoms with Gasteiger partial charge in [0.05, 0.1) is 35.2 Å². The third-order valence-electron chi connectivity index (χ3n) is 3.58. The molecule has 144 valence electrons. The van der Waals surface area contributed by atoms with Crippen molar-refractivity contribution in [3.05, 3.63) is 53.1 Å². The minimum Gasteiger partial charge on any atom is -0.489 e. The quantitative estimate of drug-likeness (QED) is 0.655. The van der Waals surface area contributed by atoms with Gasteiger partial charge in [-0.25, -0.2) is 4.79 Å². The molecule has 2 rings (SSSR count). The van der Waals surface area contributed by atoms with Crippen LogP contribution >= 0.6 is 11.6 Å². The minimum atomic E-state index is -0.450. The number of amides is 1. The van der Waals surface area contributed by atoms with Gasteiger partial charge in [0.1, 0.15) is 5.75 Å². The van der Waals surface area contributed by atoms with Crippen molar-refractivity contribution in [3.8, 4) is 5.75 Å². The van der Waals surface area contributed by atoms with E-state index >= 15 is 0 Å². The number of carbonyl (C=O) groups is 2. The first-order valence-electron chi connectivity index (χ1n) is 8.58. The maximum absolute atomic E-state index is 12.2. The number of carbonyl (C=O) groups excluding carboxylic acids is 2. The highest BCUT2D eigenvalue weighted by Gasteiger charge is 2.11. The number of para-hydroxylation sites is 2. The first-order chi connectivity index (χ1) is 12.9. The number of benzene rings is 2. The van der Waals surface area contributed by atoms with Crippen LogP contribution in [0.15, 0.2) is 42.5 Å². The summed E-state index contributed by atoms with van der Waals surface area (Å²) in [6.07, 6.45) is 0.225. The van der Waals surface area contributed by atoms with Crippen molar-refractivity contribution in [2.75, 3.05) is 24.3 Å². The van der Waals surface area contributed by atoms with Gasteiger partial charge in [-0.2, -0.15) is 0 Å². The zero-order valence-electron chi connectivity index (χ0n) is 15.5. The Morgan fingerprint density at radius 2 is 1.85 bits per heavy atom. The molecule has 0 bridgehead atoms. The van der Waals surface area contributed by atoms with Gasteiger partial charge in [-0.1, -0.05) is 23.7 Å². The molecule has 0 atom stereocenters. The van der Waals surface area contributed by atoms with Crippen LogP contribution in [-0.2, 0) is 9.53 Å². The van der Waals surface area contributed by atoms with Crippen molar-refractivity contribution in [3.63, 3.8) is 0 Å². The Morgan fingerprint density at radius 3 is 2.56 bits per heavy atom. The lowest BCUT2D eigenvalue weighted by molar-refractivity contribution is -0.116. The lowest BCUT2D eigenvalue weighted by Gasteiger charge is -2.15. The number of anilines is 2. The molecule has 0 aromatic heterocycles. The number of hydrogen-bond donors (Lipinski definition) is 2. The molecule has 0 spiro atoms. The zero-order valence-corrected chi connectivity index (χ0v) is 16.3. The lowest BCUT2D eigenvalue weighted by atomic mass is 10.2. The van der Waals surface area contributed by atoms with E-state index in [1.165, 1.54) is 7.11 Å². The number of hydrogen-bond acceptors (Lipinski definition) is 5. The number of ether oxygens (including phenoxy) is 2. The third-order valence-corrected chi connectivity index (χ3v) is 3.91. The van der Waals surface area contributed by atoms with E-state index in [1.54, 1.807) is 24.3 Å². The lowest BCUT2D eigenvalue weighted by Crippen LogP contribution is -2.17. The molecule has 0 radical (unpaired) electrons. The fourth-order valence-corrected chi connectivity index (χ4v) is 2.54. The standard InChI is InChI=1S/C20H23ClN2O4/c1-13(2)27-18-7-5-4-6-16(18)23-19(24)10-11-22-17-12-14(20(25)26-3)8-9-15(17)21/h4-9,12-13,22H,10-11H2,1-3H3,(H,23,24). The topological polar surface area (TPSA) is 76.7 Å². The number of esters is 1. The molecule has 0 heterocycles. The Hall–Kier alpha value is -2.73. The fourth-order valence-electron chi connectivity index (χ4n) is 2.36. The predicted octanol–water partition coefficient (Wildman–Crippen LogP) is 4.35. The van der Waals surface area contributed by atoms with E-state index in [0.717, 1.165) is 0 Å². The molecule has 0 saturated heterocycles. The Balaban J connectivity index is 1.93. The smallest absolute Gasteiger partial charge is 0.337 e. The average Bonchev–Trinajstić information content (AvgIpc) is 2.63. The Kier molecular flexibility index (Phi) is 7.49. The molecule has 7 heteroatoms. The second-order valence-corrected chi connectivity index (χ2v) is 6.48. The maximum atomic E-state index is 12.2. The van der Waals surface area contributed by atoms with Gasteiger partial charge in [-0.05, 0) is 44.2 Å². The first kappa shape index (κ1) is 20.6. The summed E-state index contributed by atoms with van der Waals surface area (Å²) >= 11 is 6.13. The molecule has 27 heavy (non-hydrogen) atoms. The molecule has 0 aliphatic carbocycles. The van der Waals surface area contributed by atoms with E-state index in [-0.39, 0.29) is 18.4 Å². The summed E-state index contributed by atoms with van der Waals surface area (Å²) in [5.41, 5.74) is 1.58. The van der Waals surface area contributed by atoms with Crippen LogP contribution in [0.2, 0.25) is 5.02 Å². The molecular weight excluding hydrogens is 368 g/mol. The molecular formula is C20H23ClN2O4. The van der Waals surface area contributed by atoms with E-state index in [0.29, 0.717) is 34.3 Å². The molecule has 0 aliphatic rings. The maximum Gasteiger partial charge on any atom is 0.337 e. The van der Waals surface area contributed by atoms with E-state index in [4.69, 9.17) is 21.1 Å². The van der Waals surface area contributed by atoms with Crippen LogP contribution in [0.3, 0.4) is 0 Å². The van der Waals surface area contributed by atoms with Crippen LogP contribution < -0.4 is 15.4 Å². The molecule has 1 amide bonds. The summed E-state index contributed by atoms with van der Waals surface area (Å²) in [6, 6.07) is 12.1. The van der Waals surface area contributed by atoms with Gasteiger partial charge in [-0.15, -0.1) is 0 Å². The summed E-state index contributed by atoms with van der Waals surface area (Å²) in [7, 11) is 1.31. The molecule has 2 N–H and O–H groups in total. The summed E-state index contributed by atoms with van der Waals surface area (Å²) in [5, 5.41) is 6.37. The number of halogens is 1. The molecule has 0 unspecified atom stereocenters. The van der Waals surface area contributed by atoms with Gasteiger partial charge in [0.25, 0.3) is 0 Å². The van der Waals surface area contributed by atoms with Crippen molar-refractivity contribution >= 4 is 34.9 Å². The van der Waals surface area contributed by atoms with Gasteiger partial charge in [-0.3, -0.25) is 4.79 Å². The van der Waals surface area contributed by atoms with Crippen LogP contribution in [0.25, 0.3) is 0 Å². The first-order valence-corrected chi connectivity index (χ1v) is 8.95. The minimum absolute atomic E-state index is 0.00828. The van der Waals surface area contributed by atoms with E-state index < -0.39 is 5.97 Å². The molecule has 2 aromatic rings. The van der Waals surface area contributed by atoms with E-state index in [2.05, 4.69) is 10.6 Å².